The maximum absolute atomic E-state index is 14.5. The number of nitrogens with zero attached hydrogens (tertiary/aromatic N) is 3. The van der Waals surface area contributed by atoms with Crippen LogP contribution in [0.4, 0.5) is 11.4 Å². The third-order valence-electron chi connectivity index (χ3n) is 7.71. The molecule has 9 nitrogen and oxygen atoms in total. The fourth-order valence-electron chi connectivity index (χ4n) is 5.82. The SMILES string of the molecule is COc1ccc(-c2nc3c(n2C(C)CO)C2(C(=O)Nc4cc(Cl)ccc42)N(c2cc(Cl)ccc2C)C3=O)c(OC)c1. The number of rotatable bonds is 6. The van der Waals surface area contributed by atoms with Crippen LogP contribution in [0.15, 0.2) is 54.6 Å². The Morgan fingerprint density at radius 1 is 1.02 bits per heavy atom. The average molecular weight is 593 g/mol. The molecule has 210 valence electrons. The number of halogens is 2. The quantitative estimate of drug-likeness (QED) is 0.302. The van der Waals surface area contributed by atoms with Gasteiger partial charge in [0.1, 0.15) is 17.3 Å². The van der Waals surface area contributed by atoms with Gasteiger partial charge >= 0.3 is 0 Å². The van der Waals surface area contributed by atoms with E-state index >= 15 is 0 Å². The lowest BCUT2D eigenvalue weighted by atomic mass is 9.86. The first-order valence-electron chi connectivity index (χ1n) is 12.9. The maximum Gasteiger partial charge on any atom is 0.280 e. The molecule has 2 amide bonds. The van der Waals surface area contributed by atoms with Crippen molar-refractivity contribution in [2.75, 3.05) is 31.0 Å². The molecule has 4 aromatic rings. The van der Waals surface area contributed by atoms with E-state index in [-0.39, 0.29) is 12.3 Å². The Kier molecular flexibility index (Phi) is 6.48. The van der Waals surface area contributed by atoms with Gasteiger partial charge in [-0.1, -0.05) is 35.3 Å². The van der Waals surface area contributed by atoms with Crippen LogP contribution in [0.1, 0.15) is 40.3 Å². The summed E-state index contributed by atoms with van der Waals surface area (Å²) < 4.78 is 12.8. The molecule has 11 heteroatoms. The first kappa shape index (κ1) is 27.1. The minimum absolute atomic E-state index is 0.0792. The van der Waals surface area contributed by atoms with Gasteiger partial charge < -0.3 is 24.5 Å². The van der Waals surface area contributed by atoms with Gasteiger partial charge in [0.05, 0.1) is 43.8 Å². The van der Waals surface area contributed by atoms with Crippen LogP contribution in [0.25, 0.3) is 11.4 Å². The molecule has 0 fully saturated rings. The van der Waals surface area contributed by atoms with Crippen molar-refractivity contribution in [2.24, 2.45) is 0 Å². The summed E-state index contributed by atoms with van der Waals surface area (Å²) in [7, 11) is 3.07. The minimum atomic E-state index is -1.67. The molecule has 3 aromatic carbocycles. The summed E-state index contributed by atoms with van der Waals surface area (Å²) in [5, 5.41) is 14.2. The van der Waals surface area contributed by atoms with Crippen molar-refractivity contribution < 1.29 is 24.2 Å². The standard InChI is InChI=1S/C30H26Cl2N4O5/c1-15-5-6-18(32)12-23(15)36-28(38)25-26(30(36)21-10-7-17(31)11-22(21)33-29(30)39)35(16(2)14-37)27(34-25)20-9-8-19(40-3)13-24(20)41-4/h5-13,16,37H,14H2,1-4H3,(H,33,39). The Hall–Kier alpha value is -4.05. The molecule has 2 aliphatic heterocycles. The average Bonchev–Trinajstić information content (AvgIpc) is 3.57. The normalized spacial score (nSPS) is 18.0. The van der Waals surface area contributed by atoms with E-state index in [1.54, 1.807) is 73.2 Å². The van der Waals surface area contributed by atoms with Gasteiger partial charge in [0, 0.05) is 27.4 Å². The summed E-state index contributed by atoms with van der Waals surface area (Å²) in [6.07, 6.45) is 0. The molecule has 2 unspecified atom stereocenters. The number of ether oxygens (including phenoxy) is 2. The highest BCUT2D eigenvalue weighted by atomic mass is 35.5. The van der Waals surface area contributed by atoms with Crippen LogP contribution in [-0.2, 0) is 10.3 Å². The van der Waals surface area contributed by atoms with E-state index in [0.29, 0.717) is 55.6 Å². The Morgan fingerprint density at radius 2 is 1.76 bits per heavy atom. The number of nitrogens with one attached hydrogen (secondary N) is 1. The molecule has 0 bridgehead atoms. The number of methoxy groups -OCH3 is 2. The number of aromatic nitrogens is 2. The molecule has 1 spiro atoms. The number of fused-ring (bicyclic) bond motifs is 4. The van der Waals surface area contributed by atoms with E-state index in [1.807, 2.05) is 6.92 Å². The second-order valence-corrected chi connectivity index (χ2v) is 10.9. The lowest BCUT2D eigenvalue weighted by Crippen LogP contribution is -2.51. The lowest BCUT2D eigenvalue weighted by molar-refractivity contribution is -0.119. The summed E-state index contributed by atoms with van der Waals surface area (Å²) in [6, 6.07) is 14.9. The van der Waals surface area contributed by atoms with E-state index in [4.69, 9.17) is 37.7 Å². The molecular weight excluding hydrogens is 567 g/mol. The van der Waals surface area contributed by atoms with Gasteiger partial charge in [-0.25, -0.2) is 4.98 Å². The number of aliphatic hydroxyl groups is 1. The highest BCUT2D eigenvalue weighted by Crippen LogP contribution is 2.55. The van der Waals surface area contributed by atoms with Crippen molar-refractivity contribution in [2.45, 2.75) is 25.4 Å². The molecular formula is C30H26Cl2N4O5. The Morgan fingerprint density at radius 3 is 2.46 bits per heavy atom. The molecule has 0 saturated carbocycles. The van der Waals surface area contributed by atoms with Gasteiger partial charge in [0.15, 0.2) is 11.2 Å². The van der Waals surface area contributed by atoms with Gasteiger partial charge in [0.25, 0.3) is 11.8 Å². The van der Waals surface area contributed by atoms with Gasteiger partial charge in [-0.15, -0.1) is 0 Å². The number of amides is 2. The Bertz CT molecular complexity index is 1750. The van der Waals surface area contributed by atoms with E-state index < -0.39 is 23.4 Å². The topological polar surface area (TPSA) is 106 Å². The smallest absolute Gasteiger partial charge is 0.280 e. The van der Waals surface area contributed by atoms with Crippen molar-refractivity contribution in [1.29, 1.82) is 0 Å². The number of hydrogen-bond acceptors (Lipinski definition) is 6. The molecule has 2 aliphatic rings. The zero-order chi connectivity index (χ0) is 29.2. The number of hydrogen-bond donors (Lipinski definition) is 2. The number of aliphatic hydroxyl groups excluding tert-OH is 1. The second-order valence-electron chi connectivity index (χ2n) is 10.0. The number of carbonyl (C=O) groups excluding carboxylic acids is 2. The van der Waals surface area contributed by atoms with E-state index in [9.17, 15) is 14.7 Å². The van der Waals surface area contributed by atoms with Crippen molar-refractivity contribution in [3.05, 3.63) is 87.2 Å². The van der Waals surface area contributed by atoms with Crippen molar-refractivity contribution >= 4 is 46.4 Å². The first-order chi connectivity index (χ1) is 19.7. The van der Waals surface area contributed by atoms with E-state index in [1.165, 1.54) is 12.0 Å². The number of anilines is 2. The number of carbonyl (C=O) groups is 2. The third kappa shape index (κ3) is 3.76. The summed E-state index contributed by atoms with van der Waals surface area (Å²) in [5.41, 5.74) is 1.50. The zero-order valence-electron chi connectivity index (χ0n) is 22.7. The Labute approximate surface area is 246 Å². The first-order valence-corrected chi connectivity index (χ1v) is 13.6. The van der Waals surface area contributed by atoms with Crippen LogP contribution in [0.2, 0.25) is 10.0 Å². The second kappa shape index (κ2) is 9.80. The van der Waals surface area contributed by atoms with Crippen LogP contribution in [0.5, 0.6) is 11.5 Å². The lowest BCUT2D eigenvalue weighted by Gasteiger charge is -2.36. The molecule has 41 heavy (non-hydrogen) atoms. The predicted octanol–water partition coefficient (Wildman–Crippen LogP) is 5.59. The van der Waals surface area contributed by atoms with E-state index in [0.717, 1.165) is 5.56 Å². The van der Waals surface area contributed by atoms with Crippen LogP contribution < -0.4 is 19.7 Å². The fourth-order valence-corrected chi connectivity index (χ4v) is 6.16. The summed E-state index contributed by atoms with van der Waals surface area (Å²) in [6.45, 7) is 3.35. The highest BCUT2D eigenvalue weighted by Gasteiger charge is 2.64. The summed E-state index contributed by atoms with van der Waals surface area (Å²) >= 11 is 12.7. The molecule has 2 atom stereocenters. The van der Waals surface area contributed by atoms with Crippen LogP contribution in [0.3, 0.4) is 0 Å². The summed E-state index contributed by atoms with van der Waals surface area (Å²) in [5.74, 6) is 0.442. The van der Waals surface area contributed by atoms with Crippen LogP contribution in [0, 0.1) is 6.92 Å². The van der Waals surface area contributed by atoms with E-state index in [2.05, 4.69) is 5.32 Å². The monoisotopic (exact) mass is 592 g/mol. The Balaban J connectivity index is 1.74. The molecule has 2 N–H and O–H groups in total. The van der Waals surface area contributed by atoms with Crippen LogP contribution in [-0.4, -0.2) is 47.3 Å². The molecule has 3 heterocycles. The largest absolute Gasteiger partial charge is 0.497 e. The minimum Gasteiger partial charge on any atom is -0.497 e. The fraction of sp³-hybridized carbons (Fsp3) is 0.233. The maximum atomic E-state index is 14.5. The van der Waals surface area contributed by atoms with Gasteiger partial charge in [-0.05, 0) is 55.8 Å². The predicted molar refractivity (Wildman–Crippen MR) is 156 cm³/mol. The molecule has 0 saturated heterocycles. The van der Waals surface area contributed by atoms with Gasteiger partial charge in [-0.3, -0.25) is 14.5 Å². The van der Waals surface area contributed by atoms with Crippen molar-refractivity contribution in [3.8, 4) is 22.9 Å². The number of imidazole rings is 1. The van der Waals surface area contributed by atoms with Gasteiger partial charge in [0.2, 0.25) is 0 Å². The molecule has 0 aliphatic carbocycles. The molecule has 6 rings (SSSR count). The molecule has 0 radical (unpaired) electrons. The van der Waals surface area contributed by atoms with Crippen molar-refractivity contribution in [3.63, 3.8) is 0 Å². The van der Waals surface area contributed by atoms with Crippen molar-refractivity contribution in [1.82, 2.24) is 9.55 Å². The number of aryl methyl sites for hydroxylation is 1. The molecule has 1 aromatic heterocycles. The van der Waals surface area contributed by atoms with Crippen LogP contribution >= 0.6 is 23.2 Å². The third-order valence-corrected chi connectivity index (χ3v) is 8.18. The number of benzene rings is 3. The summed E-state index contributed by atoms with van der Waals surface area (Å²) in [4.78, 5) is 35.1. The highest BCUT2D eigenvalue weighted by molar-refractivity contribution is 6.32. The van der Waals surface area contributed by atoms with Gasteiger partial charge in [-0.2, -0.15) is 0 Å². The zero-order valence-corrected chi connectivity index (χ0v) is 24.2.